The van der Waals surface area contributed by atoms with Crippen molar-refractivity contribution < 1.29 is 19.6 Å². The lowest BCUT2D eigenvalue weighted by Crippen LogP contribution is -2.22. The van der Waals surface area contributed by atoms with Crippen LogP contribution >= 0.6 is 0 Å². The number of nitro groups is 1. The molecule has 1 saturated heterocycles. The Balaban J connectivity index is 2.14. The van der Waals surface area contributed by atoms with Crippen LogP contribution in [0, 0.1) is 16.0 Å². The number of aromatic nitrogens is 1. The van der Waals surface area contributed by atoms with Gasteiger partial charge in [0.05, 0.1) is 12.0 Å². The summed E-state index contributed by atoms with van der Waals surface area (Å²) in [5.74, 6) is 0.00871. The molecule has 1 aliphatic heterocycles. The van der Waals surface area contributed by atoms with Crippen molar-refractivity contribution in [3.05, 3.63) is 22.2 Å². The number of hydrogen-bond donors (Lipinski definition) is 1. The van der Waals surface area contributed by atoms with Crippen LogP contribution in [-0.4, -0.2) is 41.2 Å². The van der Waals surface area contributed by atoms with Crippen LogP contribution in [-0.2, 0) is 4.79 Å². The molecule has 8 nitrogen and oxygen atoms in total. The van der Waals surface area contributed by atoms with Gasteiger partial charge in [-0.15, -0.1) is 0 Å². The Hall–Kier alpha value is -2.38. The summed E-state index contributed by atoms with van der Waals surface area (Å²) in [7, 11) is 1.46. The highest BCUT2D eigenvalue weighted by Gasteiger charge is 2.29. The second-order valence-corrected chi connectivity index (χ2v) is 4.99. The zero-order valence-corrected chi connectivity index (χ0v) is 11.7. The number of carbonyl (C=O) groups is 1. The van der Waals surface area contributed by atoms with E-state index in [2.05, 4.69) is 4.98 Å². The van der Waals surface area contributed by atoms with E-state index in [0.717, 1.165) is 6.42 Å². The predicted molar refractivity (Wildman–Crippen MR) is 74.6 cm³/mol. The van der Waals surface area contributed by atoms with Gasteiger partial charge in [-0.1, -0.05) is 0 Å². The monoisotopic (exact) mass is 295 g/mol. The fourth-order valence-corrected chi connectivity index (χ4v) is 2.50. The van der Waals surface area contributed by atoms with Gasteiger partial charge < -0.3 is 14.7 Å². The van der Waals surface area contributed by atoms with Gasteiger partial charge in [0.25, 0.3) is 0 Å². The van der Waals surface area contributed by atoms with Gasteiger partial charge in [-0.05, 0) is 18.8 Å². The molecule has 0 bridgehead atoms. The molecule has 0 saturated carbocycles. The number of hydrogen-bond acceptors (Lipinski definition) is 6. The van der Waals surface area contributed by atoms with Crippen molar-refractivity contribution in [3.8, 4) is 5.88 Å². The molecule has 0 aromatic carbocycles. The molecular formula is C13H17N3O5. The molecule has 2 rings (SSSR count). The third kappa shape index (κ3) is 3.59. The summed E-state index contributed by atoms with van der Waals surface area (Å²) >= 11 is 0. The quantitative estimate of drug-likeness (QED) is 0.628. The van der Waals surface area contributed by atoms with Crippen LogP contribution in [0.1, 0.15) is 19.3 Å². The smallest absolute Gasteiger partial charge is 0.311 e. The van der Waals surface area contributed by atoms with Gasteiger partial charge in [-0.3, -0.25) is 14.9 Å². The van der Waals surface area contributed by atoms with Crippen molar-refractivity contribution in [2.24, 2.45) is 5.92 Å². The summed E-state index contributed by atoms with van der Waals surface area (Å²) in [4.78, 5) is 27.2. The molecule has 1 aromatic heterocycles. The van der Waals surface area contributed by atoms with Crippen LogP contribution in [0.3, 0.4) is 0 Å². The van der Waals surface area contributed by atoms with Gasteiger partial charge in [-0.25, -0.2) is 0 Å². The van der Waals surface area contributed by atoms with E-state index in [1.165, 1.54) is 19.2 Å². The summed E-state index contributed by atoms with van der Waals surface area (Å²) in [6.07, 6.45) is 1.50. The van der Waals surface area contributed by atoms with E-state index < -0.39 is 10.9 Å². The van der Waals surface area contributed by atoms with E-state index in [9.17, 15) is 14.9 Å². The van der Waals surface area contributed by atoms with Gasteiger partial charge in [-0.2, -0.15) is 4.98 Å². The molecule has 1 atom stereocenters. The lowest BCUT2D eigenvalue weighted by Gasteiger charge is -2.17. The van der Waals surface area contributed by atoms with Crippen LogP contribution in [0.2, 0.25) is 0 Å². The van der Waals surface area contributed by atoms with Crippen LogP contribution < -0.4 is 9.64 Å². The SMILES string of the molecule is COc1ccc([N+](=O)[O-])c(N2CCC(CCC(=O)O)C2)n1. The van der Waals surface area contributed by atoms with Crippen molar-refractivity contribution in [3.63, 3.8) is 0 Å². The van der Waals surface area contributed by atoms with Crippen LogP contribution in [0.4, 0.5) is 11.5 Å². The number of pyridine rings is 1. The van der Waals surface area contributed by atoms with Crippen molar-refractivity contribution in [2.75, 3.05) is 25.1 Å². The maximum absolute atomic E-state index is 11.1. The highest BCUT2D eigenvalue weighted by molar-refractivity contribution is 5.66. The number of methoxy groups -OCH3 is 1. The second-order valence-electron chi connectivity index (χ2n) is 4.99. The summed E-state index contributed by atoms with van der Waals surface area (Å²) in [6.45, 7) is 1.21. The van der Waals surface area contributed by atoms with E-state index in [4.69, 9.17) is 9.84 Å². The molecular weight excluding hydrogens is 278 g/mol. The first-order valence-corrected chi connectivity index (χ1v) is 6.67. The molecule has 8 heteroatoms. The molecule has 0 spiro atoms. The first-order valence-electron chi connectivity index (χ1n) is 6.67. The predicted octanol–water partition coefficient (Wildman–Crippen LogP) is 1.69. The lowest BCUT2D eigenvalue weighted by atomic mass is 10.0. The van der Waals surface area contributed by atoms with Crippen LogP contribution in [0.25, 0.3) is 0 Å². The number of carboxylic acids is 1. The van der Waals surface area contributed by atoms with E-state index in [-0.39, 0.29) is 23.8 Å². The Morgan fingerprint density at radius 2 is 2.38 bits per heavy atom. The molecule has 114 valence electrons. The fraction of sp³-hybridized carbons (Fsp3) is 0.538. The van der Waals surface area contributed by atoms with Crippen molar-refractivity contribution >= 4 is 17.5 Å². The van der Waals surface area contributed by atoms with E-state index in [1.54, 1.807) is 0 Å². The zero-order chi connectivity index (χ0) is 15.4. The average molecular weight is 295 g/mol. The molecule has 0 aliphatic carbocycles. The highest BCUT2D eigenvalue weighted by Crippen LogP contribution is 2.33. The minimum absolute atomic E-state index is 0.0605. The molecule has 0 amide bonds. The average Bonchev–Trinajstić information content (AvgIpc) is 2.93. The van der Waals surface area contributed by atoms with Crippen LogP contribution in [0.15, 0.2) is 12.1 Å². The molecule has 1 unspecified atom stereocenters. The minimum atomic E-state index is -0.820. The van der Waals surface area contributed by atoms with Crippen molar-refractivity contribution in [2.45, 2.75) is 19.3 Å². The fourth-order valence-electron chi connectivity index (χ4n) is 2.50. The molecule has 1 aromatic rings. The lowest BCUT2D eigenvalue weighted by molar-refractivity contribution is -0.384. The Labute approximate surface area is 121 Å². The van der Waals surface area contributed by atoms with Gasteiger partial charge in [0.15, 0.2) is 0 Å². The Morgan fingerprint density at radius 1 is 1.62 bits per heavy atom. The first kappa shape index (κ1) is 15.0. The Kier molecular flexibility index (Phi) is 4.56. The third-order valence-electron chi connectivity index (χ3n) is 3.59. The maximum Gasteiger partial charge on any atom is 0.311 e. The zero-order valence-electron chi connectivity index (χ0n) is 11.7. The second kappa shape index (κ2) is 6.38. The number of aliphatic carboxylic acids is 1. The number of carboxylic acid groups (broad SMARTS) is 1. The number of ether oxygens (including phenoxy) is 1. The van der Waals surface area contributed by atoms with Crippen LogP contribution in [0.5, 0.6) is 5.88 Å². The Bertz CT molecular complexity index is 549. The highest BCUT2D eigenvalue weighted by atomic mass is 16.6. The van der Waals surface area contributed by atoms with Gasteiger partial charge in [0, 0.05) is 31.6 Å². The van der Waals surface area contributed by atoms with E-state index in [1.807, 2.05) is 4.90 Å². The van der Waals surface area contributed by atoms with Crippen molar-refractivity contribution in [1.82, 2.24) is 4.98 Å². The van der Waals surface area contributed by atoms with Gasteiger partial charge in [0.2, 0.25) is 11.7 Å². The first-order chi connectivity index (χ1) is 10.0. The van der Waals surface area contributed by atoms with E-state index >= 15 is 0 Å². The standard InChI is InChI=1S/C13H17N3O5/c1-21-11-4-3-10(16(19)20)13(14-11)15-7-6-9(8-15)2-5-12(17)18/h3-4,9H,2,5-8H2,1H3,(H,17,18). The topological polar surface area (TPSA) is 106 Å². The summed E-state index contributed by atoms with van der Waals surface area (Å²) in [5, 5.41) is 19.8. The summed E-state index contributed by atoms with van der Waals surface area (Å²) in [5.41, 5.74) is -0.0605. The molecule has 2 heterocycles. The maximum atomic E-state index is 11.1. The number of rotatable bonds is 6. The normalized spacial score (nSPS) is 17.8. The molecule has 1 aliphatic rings. The Morgan fingerprint density at radius 3 is 3.00 bits per heavy atom. The minimum Gasteiger partial charge on any atom is -0.481 e. The van der Waals surface area contributed by atoms with Crippen molar-refractivity contribution in [1.29, 1.82) is 0 Å². The van der Waals surface area contributed by atoms with Gasteiger partial charge in [0.1, 0.15) is 0 Å². The number of nitrogens with zero attached hydrogens (tertiary/aromatic N) is 3. The largest absolute Gasteiger partial charge is 0.481 e. The molecule has 21 heavy (non-hydrogen) atoms. The van der Waals surface area contributed by atoms with Gasteiger partial charge >= 0.3 is 11.7 Å². The van der Waals surface area contributed by atoms with E-state index in [0.29, 0.717) is 25.4 Å². The molecule has 1 N–H and O–H groups in total. The third-order valence-corrected chi connectivity index (χ3v) is 3.59. The number of anilines is 1. The summed E-state index contributed by atoms with van der Waals surface area (Å²) in [6, 6.07) is 2.84. The molecule has 1 fully saturated rings. The molecule has 0 radical (unpaired) electrons. The summed E-state index contributed by atoms with van der Waals surface area (Å²) < 4.78 is 5.02.